The third kappa shape index (κ3) is 2.07. The van der Waals surface area contributed by atoms with Crippen molar-refractivity contribution >= 4 is 33.2 Å². The number of hydrogen-bond acceptors (Lipinski definition) is 2. The molecule has 0 bridgehead atoms. The van der Waals surface area contributed by atoms with Gasteiger partial charge in [-0.2, -0.15) is 10.2 Å². The number of hydrogen-bond donors (Lipinski definition) is 0. The van der Waals surface area contributed by atoms with Gasteiger partial charge in [-0.1, -0.05) is 36.4 Å². The summed E-state index contributed by atoms with van der Waals surface area (Å²) in [6.07, 6.45) is 0. The lowest BCUT2D eigenvalue weighted by Crippen LogP contribution is -1.85. The zero-order valence-electron chi connectivity index (χ0n) is 12.3. The zero-order chi connectivity index (χ0) is 14.9. The van der Waals surface area contributed by atoms with Crippen LogP contribution in [0.15, 0.2) is 83.0 Å². The van der Waals surface area contributed by atoms with Crippen LogP contribution in [0.1, 0.15) is 0 Å². The van der Waals surface area contributed by atoms with Gasteiger partial charge in [0.05, 0.1) is 11.4 Å². The maximum atomic E-state index is 4.36. The number of azo groups is 1. The predicted octanol–water partition coefficient (Wildman–Crippen LogP) is 5.75. The van der Waals surface area contributed by atoms with Gasteiger partial charge < -0.3 is 4.57 Å². The third-order valence-corrected chi connectivity index (χ3v) is 3.93. The molecule has 0 fully saturated rings. The maximum Gasteiger partial charge on any atom is 0.0864 e. The number of fused-ring (bicyclic) bond motifs is 3. The fourth-order valence-corrected chi connectivity index (χ4v) is 2.83. The van der Waals surface area contributed by atoms with E-state index in [9.17, 15) is 0 Å². The normalized spacial score (nSPS) is 11.7. The van der Waals surface area contributed by atoms with E-state index in [4.69, 9.17) is 0 Å². The average molecular weight is 285 g/mol. The first-order valence-corrected chi connectivity index (χ1v) is 7.27. The van der Waals surface area contributed by atoms with Crippen molar-refractivity contribution in [2.75, 3.05) is 0 Å². The van der Waals surface area contributed by atoms with E-state index in [1.165, 1.54) is 21.8 Å². The molecule has 106 valence electrons. The lowest BCUT2D eigenvalue weighted by molar-refractivity contribution is 1.01. The first kappa shape index (κ1) is 12.8. The summed E-state index contributed by atoms with van der Waals surface area (Å²) in [5, 5.41) is 11.1. The Balaban J connectivity index is 1.84. The van der Waals surface area contributed by atoms with Crippen molar-refractivity contribution in [3.8, 4) is 0 Å². The van der Waals surface area contributed by atoms with Gasteiger partial charge in [0.2, 0.25) is 0 Å². The van der Waals surface area contributed by atoms with E-state index in [2.05, 4.69) is 58.2 Å². The molecular weight excluding hydrogens is 270 g/mol. The van der Waals surface area contributed by atoms with Gasteiger partial charge >= 0.3 is 0 Å². The molecule has 0 atom stereocenters. The lowest BCUT2D eigenvalue weighted by atomic mass is 10.1. The molecule has 0 aliphatic carbocycles. The van der Waals surface area contributed by atoms with Gasteiger partial charge in [0.1, 0.15) is 0 Å². The van der Waals surface area contributed by atoms with Crippen molar-refractivity contribution < 1.29 is 0 Å². The molecule has 22 heavy (non-hydrogen) atoms. The molecule has 3 aromatic carbocycles. The monoisotopic (exact) mass is 285 g/mol. The summed E-state index contributed by atoms with van der Waals surface area (Å²) in [6, 6.07) is 24.4. The van der Waals surface area contributed by atoms with Crippen molar-refractivity contribution in [2.45, 2.75) is 0 Å². The first-order chi connectivity index (χ1) is 10.8. The summed E-state index contributed by atoms with van der Waals surface area (Å²) in [6.45, 7) is 0. The number of aromatic nitrogens is 1. The zero-order valence-corrected chi connectivity index (χ0v) is 12.3. The fraction of sp³-hybridized carbons (Fsp3) is 0.0526. The number of aryl methyl sites for hydroxylation is 1. The fourth-order valence-electron chi connectivity index (χ4n) is 2.83. The summed E-state index contributed by atoms with van der Waals surface area (Å²) < 4.78 is 2.21. The van der Waals surface area contributed by atoms with Crippen LogP contribution in [-0.4, -0.2) is 4.57 Å². The Kier molecular flexibility index (Phi) is 2.97. The van der Waals surface area contributed by atoms with Crippen LogP contribution < -0.4 is 0 Å². The molecule has 4 rings (SSSR count). The Morgan fingerprint density at radius 2 is 1.32 bits per heavy atom. The largest absolute Gasteiger partial charge is 0.344 e. The van der Waals surface area contributed by atoms with Gasteiger partial charge in [0.25, 0.3) is 0 Å². The molecule has 4 aromatic rings. The minimum atomic E-state index is 0.862. The van der Waals surface area contributed by atoms with Crippen molar-refractivity contribution in [1.82, 2.24) is 4.57 Å². The van der Waals surface area contributed by atoms with Crippen LogP contribution in [-0.2, 0) is 7.05 Å². The topological polar surface area (TPSA) is 29.6 Å². The van der Waals surface area contributed by atoms with Crippen molar-refractivity contribution in [2.24, 2.45) is 17.3 Å². The van der Waals surface area contributed by atoms with Crippen molar-refractivity contribution in [3.05, 3.63) is 72.8 Å². The van der Waals surface area contributed by atoms with Gasteiger partial charge in [-0.25, -0.2) is 0 Å². The second-order valence-electron chi connectivity index (χ2n) is 5.31. The van der Waals surface area contributed by atoms with Crippen molar-refractivity contribution in [1.29, 1.82) is 0 Å². The molecule has 3 heteroatoms. The second-order valence-corrected chi connectivity index (χ2v) is 5.31. The Hall–Kier alpha value is -2.94. The Morgan fingerprint density at radius 3 is 2.18 bits per heavy atom. The highest BCUT2D eigenvalue weighted by Gasteiger charge is 2.07. The minimum Gasteiger partial charge on any atom is -0.344 e. The summed E-state index contributed by atoms with van der Waals surface area (Å²) in [5.41, 5.74) is 4.17. The maximum absolute atomic E-state index is 4.36. The highest BCUT2D eigenvalue weighted by atomic mass is 15.1. The molecule has 1 heterocycles. The molecular formula is C19H15N3. The third-order valence-electron chi connectivity index (χ3n) is 3.93. The molecule has 0 saturated carbocycles. The van der Waals surface area contributed by atoms with Crippen LogP contribution in [0.4, 0.5) is 11.4 Å². The molecule has 0 N–H and O–H groups in total. The summed E-state index contributed by atoms with van der Waals surface area (Å²) in [4.78, 5) is 0. The summed E-state index contributed by atoms with van der Waals surface area (Å²) in [5.74, 6) is 0. The van der Waals surface area contributed by atoms with Crippen LogP contribution in [0.25, 0.3) is 21.8 Å². The van der Waals surface area contributed by atoms with E-state index in [1.807, 2.05) is 36.4 Å². The van der Waals surface area contributed by atoms with E-state index in [0.717, 1.165) is 11.4 Å². The van der Waals surface area contributed by atoms with E-state index in [-0.39, 0.29) is 0 Å². The smallest absolute Gasteiger partial charge is 0.0864 e. The molecule has 0 unspecified atom stereocenters. The second kappa shape index (κ2) is 5.11. The van der Waals surface area contributed by atoms with E-state index in [1.54, 1.807) is 0 Å². The SMILES string of the molecule is Cn1c2ccccc2c2cc(N=Nc3ccccc3)ccc21. The molecule has 0 spiro atoms. The molecule has 0 aliphatic heterocycles. The van der Waals surface area contributed by atoms with E-state index in [0.29, 0.717) is 0 Å². The average Bonchev–Trinajstić information content (AvgIpc) is 2.87. The molecule has 0 aliphatic rings. The van der Waals surface area contributed by atoms with Gasteiger partial charge in [-0.3, -0.25) is 0 Å². The quantitative estimate of drug-likeness (QED) is 0.420. The van der Waals surface area contributed by atoms with E-state index >= 15 is 0 Å². The van der Waals surface area contributed by atoms with Gasteiger partial charge in [-0.15, -0.1) is 0 Å². The Bertz CT molecular complexity index is 982. The molecule has 1 aromatic heterocycles. The van der Waals surface area contributed by atoms with Gasteiger partial charge in [0, 0.05) is 28.9 Å². The predicted molar refractivity (Wildman–Crippen MR) is 91.0 cm³/mol. The Morgan fingerprint density at radius 1 is 0.636 bits per heavy atom. The molecule has 0 radical (unpaired) electrons. The Labute approximate surface area is 128 Å². The number of benzene rings is 3. The summed E-state index contributed by atoms with van der Waals surface area (Å²) in [7, 11) is 2.09. The molecule has 3 nitrogen and oxygen atoms in total. The van der Waals surface area contributed by atoms with Crippen LogP contribution in [0.5, 0.6) is 0 Å². The lowest BCUT2D eigenvalue weighted by Gasteiger charge is -1.98. The van der Waals surface area contributed by atoms with Crippen LogP contribution in [0, 0.1) is 0 Å². The summed E-state index contributed by atoms with van der Waals surface area (Å²) >= 11 is 0. The minimum absolute atomic E-state index is 0.862. The highest BCUT2D eigenvalue weighted by molar-refractivity contribution is 6.08. The standard InChI is InChI=1S/C19H15N3/c1-22-18-10-6-5-9-16(18)17-13-15(11-12-19(17)22)21-20-14-7-3-2-4-8-14/h2-13H,1H3. The molecule has 0 saturated heterocycles. The van der Waals surface area contributed by atoms with Crippen LogP contribution in [0.2, 0.25) is 0 Å². The molecule has 0 amide bonds. The van der Waals surface area contributed by atoms with E-state index < -0.39 is 0 Å². The number of nitrogens with zero attached hydrogens (tertiary/aromatic N) is 3. The number of para-hydroxylation sites is 1. The van der Waals surface area contributed by atoms with Gasteiger partial charge in [-0.05, 0) is 36.4 Å². The van der Waals surface area contributed by atoms with Gasteiger partial charge in [0.15, 0.2) is 0 Å². The first-order valence-electron chi connectivity index (χ1n) is 7.27. The highest BCUT2D eigenvalue weighted by Crippen LogP contribution is 2.31. The number of rotatable bonds is 2. The van der Waals surface area contributed by atoms with Crippen LogP contribution >= 0.6 is 0 Å². The van der Waals surface area contributed by atoms with Crippen molar-refractivity contribution in [3.63, 3.8) is 0 Å². The van der Waals surface area contributed by atoms with Crippen LogP contribution in [0.3, 0.4) is 0 Å².